The average molecular weight is 320 g/mol. The van der Waals surface area contributed by atoms with Crippen LogP contribution < -0.4 is 0 Å². The van der Waals surface area contributed by atoms with Gasteiger partial charge in [0.05, 0.1) is 5.41 Å². The van der Waals surface area contributed by atoms with Crippen molar-refractivity contribution in [1.29, 1.82) is 0 Å². The number of hydrogen-bond acceptors (Lipinski definition) is 2. The molecular weight excluding hydrogens is 306 g/mol. The third-order valence-corrected chi connectivity index (χ3v) is 3.71. The summed E-state index contributed by atoms with van der Waals surface area (Å²) in [5.41, 5.74) is 0.720. The van der Waals surface area contributed by atoms with E-state index in [1.807, 2.05) is 36.4 Å². The van der Waals surface area contributed by atoms with Gasteiger partial charge < -0.3 is 5.11 Å². The molecule has 0 amide bonds. The molecule has 3 nitrogen and oxygen atoms in total. The molecule has 1 aromatic carbocycles. The number of aliphatic carboxylic acids is 1. The molecule has 0 bridgehead atoms. The number of carbonyl (C=O) groups is 1. The molecule has 19 heavy (non-hydrogen) atoms. The van der Waals surface area contributed by atoms with E-state index in [2.05, 4.69) is 20.9 Å². The Hall–Kier alpha value is -1.68. The molecule has 0 aliphatic carbocycles. The van der Waals surface area contributed by atoms with Crippen molar-refractivity contribution in [2.75, 3.05) is 0 Å². The van der Waals surface area contributed by atoms with Crippen LogP contribution in [-0.4, -0.2) is 16.1 Å². The molecule has 0 saturated carbocycles. The Bertz CT molecular complexity index is 586. The SMILES string of the molecule is CC(Cc1cccnc1)(C(=O)O)c1cccc(Br)c1. The van der Waals surface area contributed by atoms with E-state index < -0.39 is 11.4 Å². The van der Waals surface area contributed by atoms with Gasteiger partial charge in [0.1, 0.15) is 0 Å². The minimum atomic E-state index is -0.965. The standard InChI is InChI=1S/C15H14BrNO2/c1-15(14(18)19,9-11-4-3-7-17-10-11)12-5-2-6-13(16)8-12/h2-8,10H,9H2,1H3,(H,18,19). The van der Waals surface area contributed by atoms with E-state index in [9.17, 15) is 9.90 Å². The Morgan fingerprint density at radius 2 is 2.16 bits per heavy atom. The second-order valence-corrected chi connectivity index (χ2v) is 5.60. The maximum atomic E-state index is 11.7. The number of carboxylic acid groups (broad SMARTS) is 1. The van der Waals surface area contributed by atoms with Crippen molar-refractivity contribution in [2.45, 2.75) is 18.8 Å². The van der Waals surface area contributed by atoms with Gasteiger partial charge in [0.25, 0.3) is 0 Å². The Balaban J connectivity index is 2.41. The molecule has 1 N–H and O–H groups in total. The third kappa shape index (κ3) is 3.01. The first kappa shape index (κ1) is 13.7. The van der Waals surface area contributed by atoms with Gasteiger partial charge in [0.15, 0.2) is 0 Å². The smallest absolute Gasteiger partial charge is 0.314 e. The van der Waals surface area contributed by atoms with Crippen LogP contribution >= 0.6 is 15.9 Å². The van der Waals surface area contributed by atoms with Gasteiger partial charge in [0.2, 0.25) is 0 Å². The minimum Gasteiger partial charge on any atom is -0.481 e. The first-order chi connectivity index (χ1) is 9.02. The highest BCUT2D eigenvalue weighted by Gasteiger charge is 2.35. The first-order valence-corrected chi connectivity index (χ1v) is 6.70. The summed E-state index contributed by atoms with van der Waals surface area (Å²) < 4.78 is 0.878. The van der Waals surface area contributed by atoms with Gasteiger partial charge in [-0.05, 0) is 42.7 Å². The molecular formula is C15H14BrNO2. The van der Waals surface area contributed by atoms with Crippen LogP contribution in [0.4, 0.5) is 0 Å². The summed E-state index contributed by atoms with van der Waals surface area (Å²) in [6.45, 7) is 1.74. The van der Waals surface area contributed by atoms with Crippen molar-refractivity contribution in [2.24, 2.45) is 0 Å². The van der Waals surface area contributed by atoms with Crippen molar-refractivity contribution in [1.82, 2.24) is 4.98 Å². The van der Waals surface area contributed by atoms with Gasteiger partial charge in [-0.25, -0.2) is 0 Å². The van der Waals surface area contributed by atoms with E-state index in [1.165, 1.54) is 0 Å². The summed E-state index contributed by atoms with van der Waals surface area (Å²) in [4.78, 5) is 15.7. The molecule has 1 aromatic heterocycles. The number of rotatable bonds is 4. The van der Waals surface area contributed by atoms with E-state index in [-0.39, 0.29) is 0 Å². The monoisotopic (exact) mass is 319 g/mol. The second-order valence-electron chi connectivity index (χ2n) is 4.69. The van der Waals surface area contributed by atoms with E-state index >= 15 is 0 Å². The van der Waals surface area contributed by atoms with Crippen molar-refractivity contribution >= 4 is 21.9 Å². The zero-order chi connectivity index (χ0) is 13.9. The van der Waals surface area contributed by atoms with Crippen molar-refractivity contribution in [3.05, 3.63) is 64.4 Å². The molecule has 4 heteroatoms. The highest BCUT2D eigenvalue weighted by molar-refractivity contribution is 9.10. The fraction of sp³-hybridized carbons (Fsp3) is 0.200. The van der Waals surface area contributed by atoms with Crippen molar-refractivity contribution < 1.29 is 9.90 Å². The van der Waals surface area contributed by atoms with Crippen LogP contribution in [0.1, 0.15) is 18.1 Å². The number of hydrogen-bond donors (Lipinski definition) is 1. The van der Waals surface area contributed by atoms with Crippen LogP contribution in [0.2, 0.25) is 0 Å². The fourth-order valence-electron chi connectivity index (χ4n) is 2.04. The lowest BCUT2D eigenvalue weighted by molar-refractivity contribution is -0.143. The molecule has 1 unspecified atom stereocenters. The summed E-state index contributed by atoms with van der Waals surface area (Å²) in [5, 5.41) is 9.60. The number of halogens is 1. The van der Waals surface area contributed by atoms with Crippen LogP contribution in [0.3, 0.4) is 0 Å². The summed E-state index contributed by atoms with van der Waals surface area (Å²) in [7, 11) is 0. The normalized spacial score (nSPS) is 13.8. The Kier molecular flexibility index (Phi) is 4.00. The molecule has 0 aliphatic heterocycles. The van der Waals surface area contributed by atoms with Crippen molar-refractivity contribution in [3.63, 3.8) is 0 Å². The van der Waals surface area contributed by atoms with Crippen LogP contribution in [0.5, 0.6) is 0 Å². The highest BCUT2D eigenvalue weighted by atomic mass is 79.9. The van der Waals surface area contributed by atoms with Crippen LogP contribution in [-0.2, 0) is 16.6 Å². The largest absolute Gasteiger partial charge is 0.481 e. The Morgan fingerprint density at radius 1 is 1.37 bits per heavy atom. The van der Waals surface area contributed by atoms with Crippen LogP contribution in [0.25, 0.3) is 0 Å². The maximum Gasteiger partial charge on any atom is 0.314 e. The molecule has 1 atom stereocenters. The molecule has 0 spiro atoms. The third-order valence-electron chi connectivity index (χ3n) is 3.21. The van der Waals surface area contributed by atoms with Crippen molar-refractivity contribution in [3.8, 4) is 0 Å². The maximum absolute atomic E-state index is 11.7. The number of pyridine rings is 1. The van der Waals surface area contributed by atoms with Crippen LogP contribution in [0, 0.1) is 0 Å². The quantitative estimate of drug-likeness (QED) is 0.939. The second kappa shape index (κ2) is 5.53. The molecule has 2 rings (SSSR count). The van der Waals surface area contributed by atoms with Gasteiger partial charge >= 0.3 is 5.97 Å². The first-order valence-electron chi connectivity index (χ1n) is 5.91. The summed E-state index contributed by atoms with van der Waals surface area (Å²) >= 11 is 3.38. The predicted octanol–water partition coefficient (Wildman–Crippen LogP) is 3.43. The molecule has 0 fully saturated rings. The number of carboxylic acids is 1. The lowest BCUT2D eigenvalue weighted by Gasteiger charge is -2.25. The number of benzene rings is 1. The lowest BCUT2D eigenvalue weighted by atomic mass is 9.77. The van der Waals surface area contributed by atoms with Crippen LogP contribution in [0.15, 0.2) is 53.3 Å². The summed E-state index contributed by atoms with van der Waals surface area (Å²) in [6, 6.07) is 11.1. The number of nitrogens with zero attached hydrogens (tertiary/aromatic N) is 1. The molecule has 2 aromatic rings. The number of aromatic nitrogens is 1. The highest BCUT2D eigenvalue weighted by Crippen LogP contribution is 2.30. The van der Waals surface area contributed by atoms with E-state index in [4.69, 9.17) is 0 Å². The van der Waals surface area contributed by atoms with E-state index in [0.29, 0.717) is 6.42 Å². The van der Waals surface area contributed by atoms with E-state index in [0.717, 1.165) is 15.6 Å². The van der Waals surface area contributed by atoms with Gasteiger partial charge in [-0.15, -0.1) is 0 Å². The fourth-order valence-corrected chi connectivity index (χ4v) is 2.44. The topological polar surface area (TPSA) is 50.2 Å². The average Bonchev–Trinajstić information content (AvgIpc) is 2.39. The molecule has 0 radical (unpaired) electrons. The molecule has 0 aliphatic rings. The summed E-state index contributed by atoms with van der Waals surface area (Å²) in [5.74, 6) is -0.838. The minimum absolute atomic E-state index is 0.409. The molecule has 98 valence electrons. The van der Waals surface area contributed by atoms with Gasteiger partial charge in [-0.2, -0.15) is 0 Å². The molecule has 1 heterocycles. The van der Waals surface area contributed by atoms with Gasteiger partial charge in [-0.1, -0.05) is 34.1 Å². The van der Waals surface area contributed by atoms with Gasteiger partial charge in [0, 0.05) is 16.9 Å². The zero-order valence-electron chi connectivity index (χ0n) is 10.5. The predicted molar refractivity (Wildman–Crippen MR) is 77.1 cm³/mol. The Labute approximate surface area is 120 Å². The zero-order valence-corrected chi connectivity index (χ0v) is 12.1. The molecule has 0 saturated heterocycles. The lowest BCUT2D eigenvalue weighted by Crippen LogP contribution is -2.34. The van der Waals surface area contributed by atoms with E-state index in [1.54, 1.807) is 19.3 Å². The van der Waals surface area contributed by atoms with Gasteiger partial charge in [-0.3, -0.25) is 9.78 Å². The summed E-state index contributed by atoms with van der Waals surface area (Å²) in [6.07, 6.45) is 3.80. The Morgan fingerprint density at radius 3 is 2.74 bits per heavy atom.